The van der Waals surface area contributed by atoms with Gasteiger partial charge in [0.2, 0.25) is 5.91 Å². The normalized spacial score (nSPS) is 17.5. The Morgan fingerprint density at radius 1 is 1.08 bits per heavy atom. The molecule has 0 N–H and O–H groups in total. The highest BCUT2D eigenvalue weighted by molar-refractivity contribution is 8.00. The highest BCUT2D eigenvalue weighted by atomic mass is 35.5. The molecule has 6 heteroatoms. The summed E-state index contributed by atoms with van der Waals surface area (Å²) in [6.07, 6.45) is 3.67. The van der Waals surface area contributed by atoms with Gasteiger partial charge in [0.1, 0.15) is 0 Å². The molecule has 4 rings (SSSR count). The Balaban J connectivity index is 1.23. The molecule has 138 valence electrons. The van der Waals surface area contributed by atoms with Gasteiger partial charge in [-0.3, -0.25) is 9.69 Å². The maximum Gasteiger partial charge on any atom is 0.233 e. The summed E-state index contributed by atoms with van der Waals surface area (Å²) in [5.41, 5.74) is 2.97. The van der Waals surface area contributed by atoms with Crippen LogP contribution in [0.5, 0.6) is 0 Å². The van der Waals surface area contributed by atoms with Gasteiger partial charge in [-0.05, 0) is 54.7 Å². The summed E-state index contributed by atoms with van der Waals surface area (Å²) in [5.74, 6) is 0.800. The molecule has 1 saturated heterocycles. The topological polar surface area (TPSA) is 23.6 Å². The van der Waals surface area contributed by atoms with Crippen molar-refractivity contribution in [2.75, 3.05) is 31.9 Å². The Labute approximate surface area is 168 Å². The SMILES string of the molecule is O=C(CSc1ccc2c(c1)CCC2)N1CCN(Cc2ccc(Cl)s2)CC1. The summed E-state index contributed by atoms with van der Waals surface area (Å²) in [5, 5.41) is 0. The molecule has 0 spiro atoms. The number of piperazine rings is 1. The van der Waals surface area contributed by atoms with E-state index in [-0.39, 0.29) is 5.91 Å². The number of thioether (sulfide) groups is 1. The number of thiophene rings is 1. The summed E-state index contributed by atoms with van der Waals surface area (Å²) in [7, 11) is 0. The molecule has 0 unspecified atom stereocenters. The number of carbonyl (C=O) groups excluding carboxylic acids is 1. The third-order valence-electron chi connectivity index (χ3n) is 5.17. The third-order valence-corrected chi connectivity index (χ3v) is 7.36. The first-order valence-corrected chi connectivity index (χ1v) is 11.3. The highest BCUT2D eigenvalue weighted by Gasteiger charge is 2.21. The van der Waals surface area contributed by atoms with Crippen LogP contribution in [0.2, 0.25) is 4.34 Å². The standard InChI is InChI=1S/C20H23ClN2OS2/c21-19-7-6-18(26-19)13-22-8-10-23(11-9-22)20(24)14-25-17-5-4-15-2-1-3-16(15)12-17/h4-7,12H,1-3,8-11,13-14H2. The third kappa shape index (κ3) is 4.45. The first kappa shape index (κ1) is 18.4. The summed E-state index contributed by atoms with van der Waals surface area (Å²) in [4.78, 5) is 19.5. The van der Waals surface area contributed by atoms with Crippen LogP contribution in [-0.4, -0.2) is 47.6 Å². The van der Waals surface area contributed by atoms with Gasteiger partial charge < -0.3 is 4.90 Å². The fourth-order valence-corrected chi connectivity index (χ4v) is 5.68. The van der Waals surface area contributed by atoms with Crippen LogP contribution in [0.15, 0.2) is 35.2 Å². The number of halogens is 1. The number of aryl methyl sites for hydroxylation is 2. The minimum Gasteiger partial charge on any atom is -0.339 e. The zero-order chi connectivity index (χ0) is 17.9. The molecule has 0 bridgehead atoms. The summed E-state index contributed by atoms with van der Waals surface area (Å²) in [6, 6.07) is 10.7. The minimum atomic E-state index is 0.259. The van der Waals surface area contributed by atoms with Crippen molar-refractivity contribution in [3.63, 3.8) is 0 Å². The Bertz CT molecular complexity index is 784. The van der Waals surface area contributed by atoms with Crippen LogP contribution in [0.25, 0.3) is 0 Å². The van der Waals surface area contributed by atoms with Crippen LogP contribution in [0, 0.1) is 0 Å². The second-order valence-corrected chi connectivity index (χ2v) is 9.78. The van der Waals surface area contributed by atoms with Crippen molar-refractivity contribution in [3.05, 3.63) is 50.7 Å². The van der Waals surface area contributed by atoms with Gasteiger partial charge in [0, 0.05) is 42.5 Å². The number of carbonyl (C=O) groups is 1. The lowest BCUT2D eigenvalue weighted by atomic mass is 10.1. The van der Waals surface area contributed by atoms with E-state index in [4.69, 9.17) is 11.6 Å². The van der Waals surface area contributed by atoms with Crippen LogP contribution in [0.1, 0.15) is 22.4 Å². The largest absolute Gasteiger partial charge is 0.339 e. The molecule has 1 aliphatic carbocycles. The molecule has 0 atom stereocenters. The number of amides is 1. The molecule has 0 radical (unpaired) electrons. The van der Waals surface area contributed by atoms with E-state index in [1.165, 1.54) is 40.2 Å². The maximum atomic E-state index is 12.5. The summed E-state index contributed by atoms with van der Waals surface area (Å²) < 4.78 is 0.845. The average Bonchev–Trinajstić information content (AvgIpc) is 3.28. The fourth-order valence-electron chi connectivity index (χ4n) is 3.69. The van der Waals surface area contributed by atoms with Crippen LogP contribution >= 0.6 is 34.7 Å². The average molecular weight is 407 g/mol. The van der Waals surface area contributed by atoms with Gasteiger partial charge in [0.05, 0.1) is 10.1 Å². The molecule has 1 aliphatic heterocycles. The van der Waals surface area contributed by atoms with Crippen LogP contribution in [-0.2, 0) is 24.2 Å². The van der Waals surface area contributed by atoms with E-state index in [9.17, 15) is 4.79 Å². The molecule has 3 nitrogen and oxygen atoms in total. The van der Waals surface area contributed by atoms with E-state index in [2.05, 4.69) is 29.2 Å². The first-order chi connectivity index (χ1) is 12.7. The van der Waals surface area contributed by atoms with Gasteiger partial charge in [-0.2, -0.15) is 0 Å². The molecule has 0 saturated carbocycles. The van der Waals surface area contributed by atoms with Crippen molar-refractivity contribution in [2.24, 2.45) is 0 Å². The van der Waals surface area contributed by atoms with Crippen LogP contribution < -0.4 is 0 Å². The Morgan fingerprint density at radius 3 is 2.65 bits per heavy atom. The molecule has 1 aromatic carbocycles. The number of benzene rings is 1. The van der Waals surface area contributed by atoms with Crippen molar-refractivity contribution < 1.29 is 4.79 Å². The fraction of sp³-hybridized carbons (Fsp3) is 0.450. The van der Waals surface area contributed by atoms with Crippen molar-refractivity contribution in [1.29, 1.82) is 0 Å². The Hall–Kier alpha value is -1.01. The molecule has 1 fully saturated rings. The molecule has 2 aliphatic rings. The summed E-state index contributed by atoms with van der Waals surface area (Å²) >= 11 is 9.32. The molecule has 2 heterocycles. The number of rotatable bonds is 5. The minimum absolute atomic E-state index is 0.259. The predicted molar refractivity (Wildman–Crippen MR) is 110 cm³/mol. The number of nitrogens with zero attached hydrogens (tertiary/aromatic N) is 2. The van der Waals surface area contributed by atoms with Gasteiger partial charge in [0.25, 0.3) is 0 Å². The van der Waals surface area contributed by atoms with Gasteiger partial charge in [-0.25, -0.2) is 0 Å². The smallest absolute Gasteiger partial charge is 0.233 e. The Morgan fingerprint density at radius 2 is 1.88 bits per heavy atom. The number of hydrogen-bond donors (Lipinski definition) is 0. The van der Waals surface area contributed by atoms with Crippen LogP contribution in [0.3, 0.4) is 0 Å². The first-order valence-electron chi connectivity index (χ1n) is 9.16. The van der Waals surface area contributed by atoms with Gasteiger partial charge in [-0.1, -0.05) is 17.7 Å². The molecule has 1 amide bonds. The molecule has 1 aromatic heterocycles. The van der Waals surface area contributed by atoms with E-state index in [1.54, 1.807) is 23.1 Å². The zero-order valence-corrected chi connectivity index (χ0v) is 17.1. The second-order valence-electron chi connectivity index (χ2n) is 6.94. The Kier molecular flexibility index (Phi) is 5.89. The lowest BCUT2D eigenvalue weighted by molar-refractivity contribution is -0.130. The predicted octanol–water partition coefficient (Wildman–Crippen LogP) is 4.33. The zero-order valence-electron chi connectivity index (χ0n) is 14.7. The van der Waals surface area contributed by atoms with Crippen molar-refractivity contribution in [1.82, 2.24) is 9.80 Å². The molecule has 2 aromatic rings. The molecular weight excluding hydrogens is 384 g/mol. The van der Waals surface area contributed by atoms with Crippen molar-refractivity contribution in [2.45, 2.75) is 30.7 Å². The van der Waals surface area contributed by atoms with Crippen LogP contribution in [0.4, 0.5) is 0 Å². The van der Waals surface area contributed by atoms with E-state index in [0.29, 0.717) is 5.75 Å². The van der Waals surface area contributed by atoms with E-state index in [1.807, 2.05) is 11.0 Å². The quantitative estimate of drug-likeness (QED) is 0.690. The van der Waals surface area contributed by atoms with Gasteiger partial charge in [-0.15, -0.1) is 23.1 Å². The van der Waals surface area contributed by atoms with E-state index in [0.717, 1.165) is 37.1 Å². The highest BCUT2D eigenvalue weighted by Crippen LogP contribution is 2.28. The van der Waals surface area contributed by atoms with E-state index < -0.39 is 0 Å². The van der Waals surface area contributed by atoms with Crippen molar-refractivity contribution >= 4 is 40.6 Å². The number of fused-ring (bicyclic) bond motifs is 1. The summed E-state index contributed by atoms with van der Waals surface area (Å²) in [6.45, 7) is 4.45. The lowest BCUT2D eigenvalue weighted by Gasteiger charge is -2.34. The van der Waals surface area contributed by atoms with Crippen molar-refractivity contribution in [3.8, 4) is 0 Å². The van der Waals surface area contributed by atoms with Gasteiger partial charge >= 0.3 is 0 Å². The van der Waals surface area contributed by atoms with E-state index >= 15 is 0 Å². The van der Waals surface area contributed by atoms with Gasteiger partial charge in [0.15, 0.2) is 0 Å². The second kappa shape index (κ2) is 8.34. The monoisotopic (exact) mass is 406 g/mol. The maximum absolute atomic E-state index is 12.5. The number of hydrogen-bond acceptors (Lipinski definition) is 4. The molecule has 26 heavy (non-hydrogen) atoms. The lowest BCUT2D eigenvalue weighted by Crippen LogP contribution is -2.48. The molecular formula is C20H23ClN2OS2.